The molecule has 0 aliphatic rings. The predicted molar refractivity (Wildman–Crippen MR) is 116 cm³/mol. The summed E-state index contributed by atoms with van der Waals surface area (Å²) in [5.41, 5.74) is 2.17. The molecule has 0 bridgehead atoms. The molecule has 0 radical (unpaired) electrons. The highest BCUT2D eigenvalue weighted by atomic mass is 35.5. The number of non-ortho nitro benzene ring substituents is 1. The number of halogens is 1. The van der Waals surface area contributed by atoms with Crippen molar-refractivity contribution in [2.24, 2.45) is 0 Å². The molecular formula is C18H13ClN4O3S2. The van der Waals surface area contributed by atoms with Crippen molar-refractivity contribution >= 4 is 73.3 Å². The molecule has 7 nitrogen and oxygen atoms in total. The Kier molecular flexibility index (Phi) is 5.98. The van der Waals surface area contributed by atoms with Crippen LogP contribution in [0.2, 0.25) is 5.02 Å². The zero-order valence-electron chi connectivity index (χ0n) is 14.4. The molecule has 0 spiro atoms. The normalized spacial score (nSPS) is 10.9. The van der Waals surface area contributed by atoms with Gasteiger partial charge in [-0.25, -0.2) is 4.98 Å². The van der Waals surface area contributed by atoms with Gasteiger partial charge in [-0.1, -0.05) is 35.1 Å². The lowest BCUT2D eigenvalue weighted by Gasteiger charge is -2.04. The SMILES string of the molecule is Cc1cc2sc(NC(=S)NC(=O)/C=C/c3cccc([N+](=O)[O-])c3)nc2cc1Cl. The van der Waals surface area contributed by atoms with E-state index in [9.17, 15) is 14.9 Å². The standard InChI is InChI=1S/C18H13ClN4O3S2/c1-10-7-15-14(9-13(10)19)20-18(28-15)22-17(27)21-16(24)6-5-11-3-2-4-12(8-11)23(25)26/h2-9H,1H3,(H2,20,21,22,24,27)/b6-5+. The van der Waals surface area contributed by atoms with E-state index in [0.29, 0.717) is 15.7 Å². The summed E-state index contributed by atoms with van der Waals surface area (Å²) in [6.07, 6.45) is 2.71. The molecule has 10 heteroatoms. The number of carbonyl (C=O) groups excluding carboxylic acids is 1. The number of carbonyl (C=O) groups is 1. The molecule has 0 atom stereocenters. The summed E-state index contributed by atoms with van der Waals surface area (Å²) >= 11 is 12.6. The number of nitro groups is 1. The second-order valence-electron chi connectivity index (χ2n) is 5.72. The topological polar surface area (TPSA) is 97.2 Å². The smallest absolute Gasteiger partial charge is 0.270 e. The molecule has 3 aromatic rings. The van der Waals surface area contributed by atoms with Crippen molar-refractivity contribution in [2.75, 3.05) is 5.32 Å². The number of hydrogen-bond donors (Lipinski definition) is 2. The van der Waals surface area contributed by atoms with Crippen molar-refractivity contribution in [3.63, 3.8) is 0 Å². The first-order valence-corrected chi connectivity index (χ1v) is 9.53. The number of anilines is 1. The van der Waals surface area contributed by atoms with Crippen LogP contribution in [0.3, 0.4) is 0 Å². The van der Waals surface area contributed by atoms with Crippen molar-refractivity contribution in [1.82, 2.24) is 10.3 Å². The van der Waals surface area contributed by atoms with E-state index in [2.05, 4.69) is 15.6 Å². The number of hydrogen-bond acceptors (Lipinski definition) is 6. The fourth-order valence-electron chi connectivity index (χ4n) is 2.30. The van der Waals surface area contributed by atoms with E-state index in [-0.39, 0.29) is 10.8 Å². The second kappa shape index (κ2) is 8.42. The molecule has 1 heterocycles. The number of thiazole rings is 1. The van der Waals surface area contributed by atoms with Gasteiger partial charge in [0.25, 0.3) is 5.69 Å². The van der Waals surface area contributed by atoms with Crippen LogP contribution in [0.15, 0.2) is 42.5 Å². The minimum atomic E-state index is -0.497. The fourth-order valence-corrected chi connectivity index (χ4v) is 3.67. The third kappa shape index (κ3) is 4.89. The Morgan fingerprint density at radius 2 is 2.14 bits per heavy atom. The van der Waals surface area contributed by atoms with E-state index in [1.54, 1.807) is 18.2 Å². The maximum Gasteiger partial charge on any atom is 0.270 e. The highest BCUT2D eigenvalue weighted by molar-refractivity contribution is 7.80. The summed E-state index contributed by atoms with van der Waals surface area (Å²) < 4.78 is 0.948. The van der Waals surface area contributed by atoms with E-state index in [1.165, 1.54) is 35.6 Å². The molecular weight excluding hydrogens is 420 g/mol. The number of nitrogens with zero attached hydrogens (tertiary/aromatic N) is 2. The number of thiocarbonyl (C=S) groups is 1. The van der Waals surface area contributed by atoms with Crippen molar-refractivity contribution in [1.29, 1.82) is 0 Å². The van der Waals surface area contributed by atoms with Crippen LogP contribution in [0.1, 0.15) is 11.1 Å². The van der Waals surface area contributed by atoms with Crippen LogP contribution in [0, 0.1) is 17.0 Å². The maximum absolute atomic E-state index is 12.0. The van der Waals surface area contributed by atoms with Crippen LogP contribution in [-0.2, 0) is 4.79 Å². The second-order valence-corrected chi connectivity index (χ2v) is 7.56. The predicted octanol–water partition coefficient (Wildman–Crippen LogP) is 4.69. The minimum absolute atomic E-state index is 0.0501. The number of fused-ring (bicyclic) bond motifs is 1. The zero-order valence-corrected chi connectivity index (χ0v) is 16.8. The monoisotopic (exact) mass is 432 g/mol. The Labute approximate surface area is 174 Å². The number of rotatable bonds is 4. The molecule has 0 aliphatic heterocycles. The van der Waals surface area contributed by atoms with Gasteiger partial charge in [0, 0.05) is 23.2 Å². The Morgan fingerprint density at radius 3 is 2.89 bits per heavy atom. The van der Waals surface area contributed by atoms with Crippen molar-refractivity contribution < 1.29 is 9.72 Å². The summed E-state index contributed by atoms with van der Waals surface area (Å²) in [6.45, 7) is 1.91. The maximum atomic E-state index is 12.0. The summed E-state index contributed by atoms with van der Waals surface area (Å²) in [5.74, 6) is -0.469. The van der Waals surface area contributed by atoms with Crippen molar-refractivity contribution in [3.8, 4) is 0 Å². The summed E-state index contributed by atoms with van der Waals surface area (Å²) in [7, 11) is 0. The van der Waals surface area contributed by atoms with E-state index < -0.39 is 10.8 Å². The van der Waals surface area contributed by atoms with Gasteiger partial charge in [0.1, 0.15) is 0 Å². The Morgan fingerprint density at radius 1 is 1.36 bits per heavy atom. The van der Waals surface area contributed by atoms with E-state index >= 15 is 0 Å². The molecule has 0 saturated carbocycles. The first-order valence-electron chi connectivity index (χ1n) is 7.93. The van der Waals surface area contributed by atoms with Crippen LogP contribution < -0.4 is 10.6 Å². The Hall–Kier alpha value is -2.88. The molecule has 3 rings (SSSR count). The third-order valence-electron chi connectivity index (χ3n) is 3.63. The average molecular weight is 433 g/mol. The van der Waals surface area contributed by atoms with Crippen LogP contribution >= 0.6 is 35.2 Å². The van der Waals surface area contributed by atoms with Gasteiger partial charge in [-0.3, -0.25) is 20.2 Å². The largest absolute Gasteiger partial charge is 0.308 e. The molecule has 0 fully saturated rings. The van der Waals surface area contributed by atoms with Crippen LogP contribution in [0.4, 0.5) is 10.8 Å². The van der Waals surface area contributed by atoms with Crippen molar-refractivity contribution in [3.05, 3.63) is 68.7 Å². The van der Waals surface area contributed by atoms with E-state index in [1.807, 2.05) is 13.0 Å². The molecule has 1 aromatic heterocycles. The molecule has 0 aliphatic carbocycles. The number of amides is 1. The number of benzene rings is 2. The highest BCUT2D eigenvalue weighted by Gasteiger charge is 2.09. The van der Waals surface area contributed by atoms with Crippen LogP contribution in [0.5, 0.6) is 0 Å². The van der Waals surface area contributed by atoms with Gasteiger partial charge < -0.3 is 5.32 Å². The van der Waals surface area contributed by atoms with Crippen LogP contribution in [-0.4, -0.2) is 20.9 Å². The molecule has 0 unspecified atom stereocenters. The summed E-state index contributed by atoms with van der Waals surface area (Å²) in [5, 5.41) is 17.4. The lowest BCUT2D eigenvalue weighted by atomic mass is 10.2. The molecule has 28 heavy (non-hydrogen) atoms. The first kappa shape index (κ1) is 19.9. The highest BCUT2D eigenvalue weighted by Crippen LogP contribution is 2.30. The molecule has 2 N–H and O–H groups in total. The van der Waals surface area contributed by atoms with Gasteiger partial charge in [-0.15, -0.1) is 0 Å². The summed E-state index contributed by atoms with van der Waals surface area (Å²) in [4.78, 5) is 26.7. The zero-order chi connectivity index (χ0) is 20.3. The lowest BCUT2D eigenvalue weighted by Crippen LogP contribution is -2.32. The number of nitro benzene ring substituents is 1. The lowest BCUT2D eigenvalue weighted by molar-refractivity contribution is -0.384. The Bertz CT molecular complexity index is 1090. The summed E-state index contributed by atoms with van der Waals surface area (Å²) in [6, 6.07) is 9.66. The third-order valence-corrected chi connectivity index (χ3v) is 5.18. The molecule has 1 amide bonds. The van der Waals surface area contributed by atoms with Crippen LogP contribution in [0.25, 0.3) is 16.3 Å². The van der Waals surface area contributed by atoms with Gasteiger partial charge in [-0.2, -0.15) is 0 Å². The average Bonchev–Trinajstić information content (AvgIpc) is 3.01. The number of aromatic nitrogens is 1. The van der Waals surface area contributed by atoms with Gasteiger partial charge >= 0.3 is 0 Å². The van der Waals surface area contributed by atoms with Gasteiger partial charge in [0.2, 0.25) is 5.91 Å². The first-order chi connectivity index (χ1) is 13.3. The fraction of sp³-hybridized carbons (Fsp3) is 0.0556. The number of aryl methyl sites for hydroxylation is 1. The number of nitrogens with one attached hydrogen (secondary N) is 2. The van der Waals surface area contributed by atoms with E-state index in [4.69, 9.17) is 23.8 Å². The van der Waals surface area contributed by atoms with Gasteiger partial charge in [0.05, 0.1) is 15.1 Å². The van der Waals surface area contributed by atoms with E-state index in [0.717, 1.165) is 15.8 Å². The van der Waals surface area contributed by atoms with Gasteiger partial charge in [0.15, 0.2) is 10.2 Å². The Balaban J connectivity index is 1.62. The van der Waals surface area contributed by atoms with Crippen molar-refractivity contribution in [2.45, 2.75) is 6.92 Å². The minimum Gasteiger partial charge on any atom is -0.308 e. The molecule has 0 saturated heterocycles. The van der Waals surface area contributed by atoms with Gasteiger partial charge in [-0.05, 0) is 48.5 Å². The molecule has 142 valence electrons. The molecule has 2 aromatic carbocycles. The quantitative estimate of drug-likeness (QED) is 0.268.